The Labute approximate surface area is 463 Å². The lowest BCUT2D eigenvalue weighted by Crippen LogP contribution is -2.30. The van der Waals surface area contributed by atoms with Gasteiger partial charge in [-0.05, 0) is 116 Å². The summed E-state index contributed by atoms with van der Waals surface area (Å²) in [4.78, 5) is 48.6. The van der Waals surface area contributed by atoms with E-state index in [-0.39, 0.29) is 25.9 Å². The highest BCUT2D eigenvalue weighted by molar-refractivity contribution is 7.47. The van der Waals surface area contributed by atoms with Gasteiger partial charge in [-0.1, -0.05) is 214 Å². The predicted molar refractivity (Wildman–Crippen MR) is 316 cm³/mol. The molecule has 0 saturated heterocycles. The second-order valence-electron chi connectivity index (χ2n) is 19.4. The van der Waals surface area contributed by atoms with Crippen LogP contribution in [0.25, 0.3) is 0 Å². The maximum atomic E-state index is 12.9. The molecule has 0 aliphatic carbocycles. The summed E-state index contributed by atoms with van der Waals surface area (Å²) >= 11 is 0. The Morgan fingerprint density at radius 2 is 0.697 bits per heavy atom. The van der Waals surface area contributed by atoms with Gasteiger partial charge in [0.15, 0.2) is 6.10 Å². The minimum atomic E-state index is -4.77. The monoisotopic (exact) mass is 1080 g/mol. The zero-order valence-electron chi connectivity index (χ0n) is 47.9. The average molecular weight is 1080 g/mol. The van der Waals surface area contributed by atoms with Crippen molar-refractivity contribution in [2.45, 2.75) is 251 Å². The van der Waals surface area contributed by atoms with Crippen molar-refractivity contribution in [3.63, 3.8) is 0 Å². The number of carbonyl (C=O) groups is 3. The molecule has 11 nitrogen and oxygen atoms in total. The zero-order chi connectivity index (χ0) is 55.5. The van der Waals surface area contributed by atoms with Crippen molar-refractivity contribution in [1.29, 1.82) is 0 Å². The first-order valence-electron chi connectivity index (χ1n) is 29.8. The molecule has 0 saturated carbocycles. The van der Waals surface area contributed by atoms with Gasteiger partial charge in [-0.25, -0.2) is 4.57 Å². The van der Waals surface area contributed by atoms with Crippen molar-refractivity contribution in [1.82, 2.24) is 0 Å². The summed E-state index contributed by atoms with van der Waals surface area (Å²) < 4.78 is 39.5. The van der Waals surface area contributed by atoms with Gasteiger partial charge in [0.25, 0.3) is 0 Å². The van der Waals surface area contributed by atoms with Gasteiger partial charge < -0.3 is 24.2 Å². The molecule has 0 aromatic rings. The van der Waals surface area contributed by atoms with Crippen LogP contribution in [-0.2, 0) is 42.2 Å². The van der Waals surface area contributed by atoms with E-state index in [1.807, 2.05) is 6.08 Å². The Morgan fingerprint density at radius 1 is 0.382 bits per heavy atom. The number of ether oxygens (including phenoxy) is 3. The third kappa shape index (κ3) is 54.9. The highest BCUT2D eigenvalue weighted by Gasteiger charge is 2.28. The minimum Gasteiger partial charge on any atom is -0.462 e. The molecular formula is C64H107O11P. The van der Waals surface area contributed by atoms with E-state index in [0.717, 1.165) is 135 Å². The smallest absolute Gasteiger partial charge is 0.462 e. The molecule has 12 heteroatoms. The second kappa shape index (κ2) is 57.3. The number of allylic oxidation sites excluding steroid dienone is 18. The number of hydrogen-bond acceptors (Lipinski definition) is 10. The van der Waals surface area contributed by atoms with Gasteiger partial charge >= 0.3 is 25.7 Å². The van der Waals surface area contributed by atoms with E-state index < -0.39 is 57.8 Å². The lowest BCUT2D eigenvalue weighted by Gasteiger charge is -2.21. The van der Waals surface area contributed by atoms with Crippen LogP contribution in [0.2, 0.25) is 0 Å². The van der Waals surface area contributed by atoms with Crippen LogP contribution in [0.15, 0.2) is 109 Å². The number of rotatable bonds is 54. The molecule has 434 valence electrons. The minimum absolute atomic E-state index is 0.139. The normalized spacial score (nSPS) is 14.1. The summed E-state index contributed by atoms with van der Waals surface area (Å²) in [6.45, 7) is 4.33. The molecule has 0 aliphatic heterocycles. The standard InChI is InChI=1S/C64H107O11P/c1-4-7-10-13-16-19-22-25-28-30-33-35-38-41-44-47-50-53-62(66)71-57-61(75-64(68)55-52-49-46-43-40-37-34-31-29-26-23-20-17-14-11-8-5-2)59-73-76(69,70)72-58-60(56-65)74-63(67)54-51-48-45-42-39-36-32-27-24-21-18-15-12-9-6-3/h7-8,10-11,16-17,19-20,25-29,32-33,35,41,44,60-61,65H,4-6,9,12-15,18,21-24,30-31,34,36-40,42-43,45-59H2,1-3H3,(H,69,70)/b10-7-,11-8-,19-16-,20-17-,28-25-,29-26-,32-27-,35-33-,44-41-. The molecule has 0 rings (SSSR count). The van der Waals surface area contributed by atoms with Crippen LogP contribution >= 0.6 is 7.82 Å². The molecule has 0 aromatic carbocycles. The SMILES string of the molecule is CC/C=C\C/C=C\C/C=C\C/C=C\C/C=C\CCCC(=O)OCC(COP(=O)(O)OCC(CO)OC(=O)CCCCCCC/C=C\CCCCCCCC)OC(=O)CCCCCCCCC/C=C\C/C=C\C/C=C\CC. The molecule has 0 radical (unpaired) electrons. The van der Waals surface area contributed by atoms with Gasteiger partial charge in [-0.2, -0.15) is 0 Å². The highest BCUT2D eigenvalue weighted by atomic mass is 31.2. The average Bonchev–Trinajstić information content (AvgIpc) is 3.41. The lowest BCUT2D eigenvalue weighted by atomic mass is 10.1. The number of phosphoric acid groups is 1. The molecule has 0 amide bonds. The van der Waals surface area contributed by atoms with E-state index in [2.05, 4.69) is 124 Å². The lowest BCUT2D eigenvalue weighted by molar-refractivity contribution is -0.161. The van der Waals surface area contributed by atoms with Crippen molar-refractivity contribution in [3.05, 3.63) is 109 Å². The van der Waals surface area contributed by atoms with Crippen LogP contribution < -0.4 is 0 Å². The van der Waals surface area contributed by atoms with Gasteiger partial charge in [-0.15, -0.1) is 0 Å². The van der Waals surface area contributed by atoms with Crippen LogP contribution in [0.1, 0.15) is 239 Å². The molecule has 0 heterocycles. The maximum absolute atomic E-state index is 12.9. The maximum Gasteiger partial charge on any atom is 0.472 e. The molecule has 3 atom stereocenters. The molecule has 3 unspecified atom stereocenters. The first-order chi connectivity index (χ1) is 37.2. The number of phosphoric ester groups is 1. The molecule has 2 N–H and O–H groups in total. The highest BCUT2D eigenvalue weighted by Crippen LogP contribution is 2.43. The van der Waals surface area contributed by atoms with E-state index in [1.54, 1.807) is 0 Å². The molecule has 0 fully saturated rings. The summed E-state index contributed by atoms with van der Waals surface area (Å²) in [5.41, 5.74) is 0. The third-order valence-corrected chi connectivity index (χ3v) is 13.1. The van der Waals surface area contributed by atoms with Crippen molar-refractivity contribution in [3.8, 4) is 0 Å². The molecule has 0 bridgehead atoms. The molecule has 0 spiro atoms. The van der Waals surface area contributed by atoms with E-state index in [9.17, 15) is 28.9 Å². The Morgan fingerprint density at radius 3 is 1.11 bits per heavy atom. The van der Waals surface area contributed by atoms with Crippen LogP contribution in [0.4, 0.5) is 0 Å². The number of esters is 3. The zero-order valence-corrected chi connectivity index (χ0v) is 48.8. The van der Waals surface area contributed by atoms with Crippen molar-refractivity contribution < 1.29 is 52.2 Å². The number of aliphatic hydroxyl groups is 1. The van der Waals surface area contributed by atoms with Crippen molar-refractivity contribution in [2.75, 3.05) is 26.4 Å². The van der Waals surface area contributed by atoms with Gasteiger partial charge in [0, 0.05) is 19.3 Å². The van der Waals surface area contributed by atoms with Crippen LogP contribution in [0, 0.1) is 0 Å². The summed E-state index contributed by atoms with van der Waals surface area (Å²) in [5.74, 6) is -1.56. The quantitative estimate of drug-likeness (QED) is 0.0197. The molecule has 76 heavy (non-hydrogen) atoms. The molecule has 0 aliphatic rings. The fourth-order valence-electron chi connectivity index (χ4n) is 7.69. The number of hydrogen-bond donors (Lipinski definition) is 2. The topological polar surface area (TPSA) is 155 Å². The number of carbonyl (C=O) groups excluding carboxylic acids is 3. The Balaban J connectivity index is 4.83. The van der Waals surface area contributed by atoms with E-state index in [0.29, 0.717) is 25.7 Å². The van der Waals surface area contributed by atoms with E-state index in [4.69, 9.17) is 23.3 Å². The third-order valence-electron chi connectivity index (χ3n) is 12.2. The largest absolute Gasteiger partial charge is 0.472 e. The van der Waals surface area contributed by atoms with E-state index >= 15 is 0 Å². The van der Waals surface area contributed by atoms with E-state index in [1.165, 1.54) is 38.5 Å². The van der Waals surface area contributed by atoms with Crippen LogP contribution in [0.5, 0.6) is 0 Å². The van der Waals surface area contributed by atoms with Crippen molar-refractivity contribution in [2.24, 2.45) is 0 Å². The Hall–Kier alpha value is -3.86. The summed E-state index contributed by atoms with van der Waals surface area (Å²) in [6.07, 6.45) is 69.0. The molecular weight excluding hydrogens is 976 g/mol. The number of unbranched alkanes of at least 4 members (excludes halogenated alkanes) is 19. The van der Waals surface area contributed by atoms with Gasteiger partial charge in [0.05, 0.1) is 19.8 Å². The fraction of sp³-hybridized carbons (Fsp3) is 0.672. The fourth-order valence-corrected chi connectivity index (χ4v) is 8.48. The first-order valence-corrected chi connectivity index (χ1v) is 31.3. The van der Waals surface area contributed by atoms with Gasteiger partial charge in [0.2, 0.25) is 0 Å². The Bertz CT molecular complexity index is 1690. The van der Waals surface area contributed by atoms with Gasteiger partial charge in [-0.3, -0.25) is 23.4 Å². The number of aliphatic hydroxyl groups excluding tert-OH is 1. The summed E-state index contributed by atoms with van der Waals surface area (Å²) in [7, 11) is -4.77. The van der Waals surface area contributed by atoms with Crippen LogP contribution in [0.3, 0.4) is 0 Å². The summed E-state index contributed by atoms with van der Waals surface area (Å²) in [6, 6.07) is 0. The first kappa shape index (κ1) is 72.1. The Kier molecular flexibility index (Phi) is 54.4. The van der Waals surface area contributed by atoms with Crippen molar-refractivity contribution >= 4 is 25.7 Å². The van der Waals surface area contributed by atoms with Gasteiger partial charge in [0.1, 0.15) is 12.7 Å². The predicted octanol–water partition coefficient (Wildman–Crippen LogP) is 17.8. The summed E-state index contributed by atoms with van der Waals surface area (Å²) in [5, 5.41) is 9.83. The van der Waals surface area contributed by atoms with Crippen LogP contribution in [-0.4, -0.2) is 66.5 Å². The molecule has 0 aromatic heterocycles. The second-order valence-corrected chi connectivity index (χ2v) is 20.8.